The van der Waals surface area contributed by atoms with Gasteiger partial charge < -0.3 is 4.90 Å². The number of nitrogens with zero attached hydrogens (tertiary/aromatic N) is 1. The van der Waals surface area contributed by atoms with Crippen molar-refractivity contribution >= 4 is 0 Å². The Balaban J connectivity index is 1.42. The number of hydrogen-bond acceptors (Lipinski definition) is 1. The minimum absolute atomic E-state index is 0.846. The summed E-state index contributed by atoms with van der Waals surface area (Å²) in [5, 5.41) is 0. The zero-order valence-electron chi connectivity index (χ0n) is 10.7. The lowest BCUT2D eigenvalue weighted by Gasteiger charge is -2.52. The Bertz CT molecular complexity index is 213. The van der Waals surface area contributed by atoms with Gasteiger partial charge in [0, 0.05) is 6.54 Å². The summed E-state index contributed by atoms with van der Waals surface area (Å²) in [5.74, 6) is 1.07. The van der Waals surface area contributed by atoms with Crippen molar-refractivity contribution in [1.29, 1.82) is 0 Å². The van der Waals surface area contributed by atoms with E-state index >= 15 is 0 Å². The lowest BCUT2D eigenvalue weighted by Crippen LogP contribution is -2.45. The first kappa shape index (κ1) is 11.1. The van der Waals surface area contributed by atoms with Crippen LogP contribution >= 0.6 is 0 Å². The van der Waals surface area contributed by atoms with Crippen molar-refractivity contribution in [2.45, 2.75) is 64.2 Å². The van der Waals surface area contributed by atoms with Crippen molar-refractivity contribution in [3.05, 3.63) is 0 Å². The van der Waals surface area contributed by atoms with E-state index in [-0.39, 0.29) is 0 Å². The van der Waals surface area contributed by atoms with Gasteiger partial charge in [0.25, 0.3) is 0 Å². The van der Waals surface area contributed by atoms with Gasteiger partial charge in [-0.2, -0.15) is 0 Å². The number of rotatable bonds is 2. The van der Waals surface area contributed by atoms with Gasteiger partial charge in [-0.1, -0.05) is 25.7 Å². The van der Waals surface area contributed by atoms with Crippen LogP contribution in [0.4, 0.5) is 0 Å². The normalized spacial score (nSPS) is 31.5. The van der Waals surface area contributed by atoms with E-state index in [4.69, 9.17) is 0 Å². The van der Waals surface area contributed by atoms with Gasteiger partial charge in [0.1, 0.15) is 0 Å². The van der Waals surface area contributed by atoms with E-state index < -0.39 is 0 Å². The Labute approximate surface area is 101 Å². The van der Waals surface area contributed by atoms with Crippen LogP contribution in [0.25, 0.3) is 0 Å². The maximum absolute atomic E-state index is 2.74. The molecule has 0 aromatic heterocycles. The predicted octanol–water partition coefficient (Wildman–Crippen LogP) is 3.83. The van der Waals surface area contributed by atoms with Gasteiger partial charge >= 0.3 is 0 Å². The predicted molar refractivity (Wildman–Crippen MR) is 68.5 cm³/mol. The molecule has 0 aromatic carbocycles. The minimum atomic E-state index is 0.846. The molecule has 3 fully saturated rings. The monoisotopic (exact) mass is 221 g/mol. The molecule has 0 amide bonds. The maximum Gasteiger partial charge on any atom is 0.00101 e. The fraction of sp³-hybridized carbons (Fsp3) is 1.00. The third-order valence-electron chi connectivity index (χ3n) is 5.32. The molecule has 3 aliphatic rings. The van der Waals surface area contributed by atoms with E-state index in [2.05, 4.69) is 4.90 Å². The van der Waals surface area contributed by atoms with E-state index in [0.29, 0.717) is 0 Å². The molecule has 1 nitrogen and oxygen atoms in total. The molecule has 92 valence electrons. The Morgan fingerprint density at radius 1 is 0.812 bits per heavy atom. The van der Waals surface area contributed by atoms with Crippen LogP contribution < -0.4 is 0 Å². The maximum atomic E-state index is 2.74. The number of piperidine rings is 1. The average Bonchev–Trinajstić information content (AvgIpc) is 2.30. The van der Waals surface area contributed by atoms with Crippen molar-refractivity contribution in [3.63, 3.8) is 0 Å². The summed E-state index contributed by atoms with van der Waals surface area (Å²) in [6.45, 7) is 4.22. The van der Waals surface area contributed by atoms with E-state index in [9.17, 15) is 0 Å². The summed E-state index contributed by atoms with van der Waals surface area (Å²) < 4.78 is 0. The molecular formula is C15H27N. The molecule has 2 saturated carbocycles. The van der Waals surface area contributed by atoms with Gasteiger partial charge in [-0.25, -0.2) is 0 Å². The highest BCUT2D eigenvalue weighted by Crippen LogP contribution is 2.54. The van der Waals surface area contributed by atoms with Crippen LogP contribution in [0.5, 0.6) is 0 Å². The smallest absolute Gasteiger partial charge is 0.00101 e. The first-order valence-electron chi connectivity index (χ1n) is 7.59. The van der Waals surface area contributed by atoms with Gasteiger partial charge in [-0.05, 0) is 62.9 Å². The van der Waals surface area contributed by atoms with Crippen LogP contribution in [0.1, 0.15) is 64.2 Å². The van der Waals surface area contributed by atoms with Crippen LogP contribution in [-0.4, -0.2) is 24.5 Å². The second-order valence-electron chi connectivity index (χ2n) is 6.70. The van der Waals surface area contributed by atoms with Crippen LogP contribution in [-0.2, 0) is 0 Å². The summed E-state index contributed by atoms with van der Waals surface area (Å²) in [6, 6.07) is 0. The van der Waals surface area contributed by atoms with Crippen LogP contribution in [0, 0.1) is 11.3 Å². The zero-order chi connectivity index (χ0) is 10.8. The van der Waals surface area contributed by atoms with E-state index in [0.717, 1.165) is 11.3 Å². The Morgan fingerprint density at radius 2 is 1.44 bits per heavy atom. The quantitative estimate of drug-likeness (QED) is 0.685. The van der Waals surface area contributed by atoms with Crippen LogP contribution in [0.2, 0.25) is 0 Å². The summed E-state index contributed by atoms with van der Waals surface area (Å²) in [4.78, 5) is 2.74. The Kier molecular flexibility index (Phi) is 3.24. The lowest BCUT2D eigenvalue weighted by atomic mass is 9.56. The minimum Gasteiger partial charge on any atom is -0.303 e. The molecular weight excluding hydrogens is 194 g/mol. The van der Waals surface area contributed by atoms with E-state index in [1.54, 1.807) is 25.7 Å². The van der Waals surface area contributed by atoms with Crippen molar-refractivity contribution in [2.75, 3.05) is 19.6 Å². The molecule has 1 heterocycles. The summed E-state index contributed by atoms with van der Waals surface area (Å²) in [6.07, 6.45) is 15.2. The molecule has 0 bridgehead atoms. The average molecular weight is 221 g/mol. The molecule has 1 heteroatoms. The Morgan fingerprint density at radius 3 is 2.12 bits per heavy atom. The van der Waals surface area contributed by atoms with Gasteiger partial charge in [0.05, 0.1) is 0 Å². The molecule has 0 atom stereocenters. The van der Waals surface area contributed by atoms with Crippen molar-refractivity contribution in [1.82, 2.24) is 4.90 Å². The summed E-state index contributed by atoms with van der Waals surface area (Å²) in [5.41, 5.74) is 0.846. The highest BCUT2D eigenvalue weighted by molar-refractivity contribution is 4.96. The summed E-state index contributed by atoms with van der Waals surface area (Å²) in [7, 11) is 0. The number of hydrogen-bond donors (Lipinski definition) is 0. The van der Waals surface area contributed by atoms with Gasteiger partial charge in [-0.15, -0.1) is 0 Å². The molecule has 2 aliphatic carbocycles. The lowest BCUT2D eigenvalue weighted by molar-refractivity contribution is -0.00563. The van der Waals surface area contributed by atoms with E-state index in [1.165, 1.54) is 58.2 Å². The van der Waals surface area contributed by atoms with Crippen LogP contribution in [0.15, 0.2) is 0 Å². The Hall–Kier alpha value is -0.0400. The fourth-order valence-corrected chi connectivity index (χ4v) is 4.51. The van der Waals surface area contributed by atoms with Crippen molar-refractivity contribution < 1.29 is 0 Å². The molecule has 0 N–H and O–H groups in total. The second-order valence-corrected chi connectivity index (χ2v) is 6.70. The highest BCUT2D eigenvalue weighted by Gasteiger charge is 2.44. The molecule has 1 saturated heterocycles. The molecule has 0 radical (unpaired) electrons. The second kappa shape index (κ2) is 4.68. The molecule has 3 rings (SSSR count). The van der Waals surface area contributed by atoms with Gasteiger partial charge in [0.2, 0.25) is 0 Å². The largest absolute Gasteiger partial charge is 0.303 e. The molecule has 0 unspecified atom stereocenters. The third-order valence-corrected chi connectivity index (χ3v) is 5.32. The third kappa shape index (κ3) is 2.30. The summed E-state index contributed by atoms with van der Waals surface area (Å²) >= 11 is 0. The molecule has 1 aliphatic heterocycles. The SMILES string of the molecule is C1CCN(CC2CC3(CCCCC3)C2)CC1. The van der Waals surface area contributed by atoms with Crippen molar-refractivity contribution in [3.8, 4) is 0 Å². The highest BCUT2D eigenvalue weighted by atomic mass is 15.1. The fourth-order valence-electron chi connectivity index (χ4n) is 4.51. The van der Waals surface area contributed by atoms with Crippen molar-refractivity contribution in [2.24, 2.45) is 11.3 Å². The number of likely N-dealkylation sites (tertiary alicyclic amines) is 1. The first-order valence-corrected chi connectivity index (χ1v) is 7.59. The standard InChI is InChI=1S/C15H27N/c1-3-7-15(8-4-1)11-14(12-15)13-16-9-5-2-6-10-16/h14H,1-13H2. The topological polar surface area (TPSA) is 3.24 Å². The molecule has 16 heavy (non-hydrogen) atoms. The van der Waals surface area contributed by atoms with Crippen LogP contribution in [0.3, 0.4) is 0 Å². The molecule has 0 aromatic rings. The molecule has 1 spiro atoms. The van der Waals surface area contributed by atoms with Gasteiger partial charge in [-0.3, -0.25) is 0 Å². The van der Waals surface area contributed by atoms with E-state index in [1.807, 2.05) is 0 Å². The zero-order valence-corrected chi connectivity index (χ0v) is 10.7. The first-order chi connectivity index (χ1) is 7.86. The van der Waals surface area contributed by atoms with Gasteiger partial charge in [0.15, 0.2) is 0 Å².